The maximum Gasteiger partial charge on any atom is 0.416 e. The van der Waals surface area contributed by atoms with Crippen molar-refractivity contribution in [2.45, 2.75) is 18.0 Å². The van der Waals surface area contributed by atoms with Crippen LogP contribution in [0.2, 0.25) is 0 Å². The Morgan fingerprint density at radius 2 is 1.83 bits per heavy atom. The highest BCUT2D eigenvalue weighted by Crippen LogP contribution is 2.35. The van der Waals surface area contributed by atoms with Crippen LogP contribution in [-0.4, -0.2) is 15.7 Å². The van der Waals surface area contributed by atoms with Gasteiger partial charge >= 0.3 is 6.18 Å². The minimum absolute atomic E-state index is 0.262. The van der Waals surface area contributed by atoms with Crippen LogP contribution < -0.4 is 0 Å². The fourth-order valence-corrected chi connectivity index (χ4v) is 3.62. The van der Waals surface area contributed by atoms with Gasteiger partial charge in [-0.2, -0.15) is 13.2 Å². The highest BCUT2D eigenvalue weighted by Gasteiger charge is 2.30. The molecule has 1 aromatic heterocycles. The minimum Gasteiger partial charge on any atom is -0.228 e. The van der Waals surface area contributed by atoms with Gasteiger partial charge in [-0.15, -0.1) is 11.8 Å². The molecule has 0 spiro atoms. The van der Waals surface area contributed by atoms with Crippen LogP contribution in [0, 0.1) is 0 Å². The van der Waals surface area contributed by atoms with Crippen LogP contribution in [0.3, 0.4) is 0 Å². The van der Waals surface area contributed by atoms with Gasteiger partial charge in [-0.1, -0.05) is 25.1 Å². The van der Waals surface area contributed by atoms with Gasteiger partial charge in [-0.05, 0) is 45.9 Å². The molecule has 0 unspecified atom stereocenters. The summed E-state index contributed by atoms with van der Waals surface area (Å²) in [6.45, 7) is 2.04. The molecular weight excluding hydrogens is 401 g/mol. The van der Waals surface area contributed by atoms with Crippen molar-refractivity contribution >= 4 is 38.6 Å². The first kappa shape index (κ1) is 17.2. The topological polar surface area (TPSA) is 25.8 Å². The standard InChI is InChI=1S/C17H12BrF3N2S/c1-2-24-14-6-4-3-5-12(14)16-22-13-9-10(17(19,20)21)7-8-11(13)15(18)23-16/h3-9H,2H2,1H3. The van der Waals surface area contributed by atoms with Crippen LogP contribution in [0.4, 0.5) is 13.2 Å². The van der Waals surface area contributed by atoms with Gasteiger partial charge in [0.2, 0.25) is 0 Å². The van der Waals surface area contributed by atoms with E-state index < -0.39 is 11.7 Å². The van der Waals surface area contributed by atoms with Crippen molar-refractivity contribution in [1.82, 2.24) is 9.97 Å². The smallest absolute Gasteiger partial charge is 0.228 e. The lowest BCUT2D eigenvalue weighted by Crippen LogP contribution is -2.05. The number of thioether (sulfide) groups is 1. The number of aromatic nitrogens is 2. The van der Waals surface area contributed by atoms with Crippen molar-refractivity contribution in [3.05, 3.63) is 52.6 Å². The van der Waals surface area contributed by atoms with Crippen molar-refractivity contribution in [2.24, 2.45) is 0 Å². The van der Waals surface area contributed by atoms with E-state index in [-0.39, 0.29) is 5.52 Å². The fraction of sp³-hybridized carbons (Fsp3) is 0.176. The molecule has 0 bridgehead atoms. The zero-order chi connectivity index (χ0) is 17.3. The molecule has 0 amide bonds. The third kappa shape index (κ3) is 3.42. The summed E-state index contributed by atoms with van der Waals surface area (Å²) in [5, 5.41) is 0.548. The van der Waals surface area contributed by atoms with Gasteiger partial charge in [0.1, 0.15) is 4.60 Å². The van der Waals surface area contributed by atoms with E-state index in [1.165, 1.54) is 6.07 Å². The van der Waals surface area contributed by atoms with Crippen molar-refractivity contribution in [3.63, 3.8) is 0 Å². The summed E-state index contributed by atoms with van der Waals surface area (Å²) in [5.41, 5.74) is 0.352. The second kappa shape index (κ2) is 6.72. The third-order valence-corrected chi connectivity index (χ3v) is 4.97. The van der Waals surface area contributed by atoms with E-state index in [1.54, 1.807) is 11.8 Å². The molecule has 0 fully saturated rings. The number of hydrogen-bond donors (Lipinski definition) is 0. The first-order valence-corrected chi connectivity index (χ1v) is 8.94. The van der Waals surface area contributed by atoms with Gasteiger partial charge in [-0.3, -0.25) is 0 Å². The molecule has 0 atom stereocenters. The van der Waals surface area contributed by atoms with E-state index >= 15 is 0 Å². The number of hydrogen-bond acceptors (Lipinski definition) is 3. The molecule has 124 valence electrons. The SMILES string of the molecule is CCSc1ccccc1-c1nc(Br)c2ccc(C(F)(F)F)cc2n1. The van der Waals surface area contributed by atoms with Gasteiger partial charge in [0, 0.05) is 15.8 Å². The molecule has 3 aromatic rings. The molecule has 3 rings (SSSR count). The van der Waals surface area contributed by atoms with Gasteiger partial charge in [0.05, 0.1) is 11.1 Å². The zero-order valence-corrected chi connectivity index (χ0v) is 15.0. The maximum atomic E-state index is 12.9. The van der Waals surface area contributed by atoms with Crippen molar-refractivity contribution in [2.75, 3.05) is 5.75 Å². The Balaban J connectivity index is 2.20. The molecule has 0 aliphatic heterocycles. The second-order valence-corrected chi connectivity index (χ2v) is 7.05. The lowest BCUT2D eigenvalue weighted by Gasteiger charge is -2.11. The Morgan fingerprint density at radius 1 is 1.08 bits per heavy atom. The number of benzene rings is 2. The Labute approximate surface area is 149 Å². The Morgan fingerprint density at radius 3 is 2.54 bits per heavy atom. The van der Waals surface area contributed by atoms with Crippen LogP contribution in [0.5, 0.6) is 0 Å². The van der Waals surface area contributed by atoms with E-state index in [1.807, 2.05) is 31.2 Å². The Bertz CT molecular complexity index is 897. The molecule has 2 aromatic carbocycles. The van der Waals surface area contributed by atoms with E-state index in [4.69, 9.17) is 0 Å². The minimum atomic E-state index is -4.40. The third-order valence-electron chi connectivity index (χ3n) is 3.41. The van der Waals surface area contributed by atoms with E-state index in [9.17, 15) is 13.2 Å². The first-order chi connectivity index (χ1) is 11.4. The number of halogens is 4. The molecular formula is C17H12BrF3N2S. The molecule has 0 saturated carbocycles. The summed E-state index contributed by atoms with van der Waals surface area (Å²) in [5.74, 6) is 1.29. The molecule has 0 saturated heterocycles. The molecule has 0 N–H and O–H groups in total. The van der Waals surface area contributed by atoms with E-state index in [0.29, 0.717) is 15.8 Å². The van der Waals surface area contributed by atoms with Crippen LogP contribution in [0.25, 0.3) is 22.3 Å². The zero-order valence-electron chi connectivity index (χ0n) is 12.6. The molecule has 1 heterocycles. The largest absolute Gasteiger partial charge is 0.416 e. The summed E-state index contributed by atoms with van der Waals surface area (Å²) in [4.78, 5) is 9.78. The van der Waals surface area contributed by atoms with Crippen LogP contribution in [-0.2, 0) is 6.18 Å². The summed E-state index contributed by atoms with van der Waals surface area (Å²) in [6, 6.07) is 11.1. The number of nitrogens with zero attached hydrogens (tertiary/aromatic N) is 2. The molecule has 24 heavy (non-hydrogen) atoms. The van der Waals surface area contributed by atoms with Gasteiger partial charge < -0.3 is 0 Å². The van der Waals surface area contributed by atoms with Crippen molar-refractivity contribution < 1.29 is 13.2 Å². The second-order valence-electron chi connectivity index (χ2n) is 5.00. The first-order valence-electron chi connectivity index (χ1n) is 7.17. The number of rotatable bonds is 3. The van der Waals surface area contributed by atoms with Crippen LogP contribution in [0.1, 0.15) is 12.5 Å². The van der Waals surface area contributed by atoms with E-state index in [0.717, 1.165) is 28.3 Å². The Kier molecular flexibility index (Phi) is 4.83. The average Bonchev–Trinajstić information content (AvgIpc) is 2.54. The van der Waals surface area contributed by atoms with Crippen molar-refractivity contribution in [1.29, 1.82) is 0 Å². The molecule has 0 aliphatic rings. The molecule has 7 heteroatoms. The molecule has 0 radical (unpaired) electrons. The van der Waals surface area contributed by atoms with Gasteiger partial charge in [-0.25, -0.2) is 9.97 Å². The quantitative estimate of drug-likeness (QED) is 0.378. The van der Waals surface area contributed by atoms with Gasteiger partial charge in [0.15, 0.2) is 5.82 Å². The van der Waals surface area contributed by atoms with E-state index in [2.05, 4.69) is 25.9 Å². The van der Waals surface area contributed by atoms with Crippen molar-refractivity contribution in [3.8, 4) is 11.4 Å². The number of alkyl halides is 3. The molecule has 2 nitrogen and oxygen atoms in total. The summed E-state index contributed by atoms with van der Waals surface area (Å²) in [6.07, 6.45) is -4.40. The number of fused-ring (bicyclic) bond motifs is 1. The normalized spacial score (nSPS) is 11.9. The van der Waals surface area contributed by atoms with Gasteiger partial charge in [0.25, 0.3) is 0 Å². The van der Waals surface area contributed by atoms with Crippen LogP contribution >= 0.6 is 27.7 Å². The summed E-state index contributed by atoms with van der Waals surface area (Å²) >= 11 is 4.98. The highest BCUT2D eigenvalue weighted by atomic mass is 79.9. The average molecular weight is 413 g/mol. The highest BCUT2D eigenvalue weighted by molar-refractivity contribution is 9.10. The van der Waals surface area contributed by atoms with Crippen LogP contribution in [0.15, 0.2) is 52.0 Å². The lowest BCUT2D eigenvalue weighted by atomic mass is 10.1. The summed E-state index contributed by atoms with van der Waals surface area (Å²) in [7, 11) is 0. The predicted molar refractivity (Wildman–Crippen MR) is 94.1 cm³/mol. The fourth-order valence-electron chi connectivity index (χ4n) is 2.32. The monoisotopic (exact) mass is 412 g/mol. The summed E-state index contributed by atoms with van der Waals surface area (Å²) < 4.78 is 39.3. The predicted octanol–water partition coefficient (Wildman–Crippen LogP) is 6.19. The Hall–Kier alpha value is -1.60. The maximum absolute atomic E-state index is 12.9. The molecule has 0 aliphatic carbocycles. The lowest BCUT2D eigenvalue weighted by molar-refractivity contribution is -0.137.